The van der Waals surface area contributed by atoms with Crippen molar-refractivity contribution in [2.75, 3.05) is 15.9 Å². The zero-order chi connectivity index (χ0) is 16.6. The summed E-state index contributed by atoms with van der Waals surface area (Å²) in [6, 6.07) is 8.44. The molecule has 0 saturated heterocycles. The van der Waals surface area contributed by atoms with E-state index in [0.29, 0.717) is 23.4 Å². The van der Waals surface area contributed by atoms with Crippen LogP contribution >= 0.6 is 0 Å². The maximum atomic E-state index is 12.3. The number of fused-ring (bicyclic) bond motifs is 1. The van der Waals surface area contributed by atoms with E-state index in [4.69, 9.17) is 0 Å². The average Bonchev–Trinajstić information content (AvgIpc) is 2.82. The predicted molar refractivity (Wildman–Crippen MR) is 89.1 cm³/mol. The van der Waals surface area contributed by atoms with Crippen molar-refractivity contribution in [3.05, 3.63) is 53.9 Å². The maximum absolute atomic E-state index is 12.3. The Balaban J connectivity index is 1.88. The normalized spacial score (nSPS) is 17.0. The Kier molecular flexibility index (Phi) is 3.81. The molecule has 0 saturated carbocycles. The average molecular weight is 331 g/mol. The van der Waals surface area contributed by atoms with E-state index in [0.717, 1.165) is 5.56 Å². The molecule has 1 N–H and O–H groups in total. The van der Waals surface area contributed by atoms with Crippen molar-refractivity contribution < 1.29 is 13.2 Å². The van der Waals surface area contributed by atoms with E-state index in [2.05, 4.69) is 10.3 Å². The summed E-state index contributed by atoms with van der Waals surface area (Å²) in [6.45, 7) is 1.86. The smallest absolute Gasteiger partial charge is 0.255 e. The molecule has 1 aliphatic rings. The molecule has 3 rings (SSSR count). The molecule has 0 bridgehead atoms. The molecule has 1 amide bonds. The molecule has 1 aliphatic heterocycles. The monoisotopic (exact) mass is 331 g/mol. The number of sulfonamides is 1. The second kappa shape index (κ2) is 5.66. The Labute approximate surface area is 135 Å². The lowest BCUT2D eigenvalue weighted by Crippen LogP contribution is -2.34. The fraction of sp³-hybridized carbons (Fsp3) is 0.250. The molecule has 23 heavy (non-hydrogen) atoms. The van der Waals surface area contributed by atoms with Crippen molar-refractivity contribution in [2.24, 2.45) is 0 Å². The molecular weight excluding hydrogens is 314 g/mol. The van der Waals surface area contributed by atoms with Gasteiger partial charge in [-0.2, -0.15) is 0 Å². The van der Waals surface area contributed by atoms with Gasteiger partial charge in [0.25, 0.3) is 5.91 Å². The molecule has 1 unspecified atom stereocenters. The lowest BCUT2D eigenvalue weighted by atomic mass is 10.1. The topological polar surface area (TPSA) is 79.4 Å². The number of hydrogen-bond acceptors (Lipinski definition) is 4. The highest BCUT2D eigenvalue weighted by Crippen LogP contribution is 2.34. The molecule has 1 atom stereocenters. The summed E-state index contributed by atoms with van der Waals surface area (Å²) in [5, 5.41) is 2.77. The predicted octanol–water partition coefficient (Wildman–Crippen LogP) is 2.04. The molecule has 1 aromatic carbocycles. The number of nitrogens with zero attached hydrogens (tertiary/aromatic N) is 2. The molecule has 0 aliphatic carbocycles. The lowest BCUT2D eigenvalue weighted by Gasteiger charge is -2.21. The van der Waals surface area contributed by atoms with Crippen LogP contribution in [0.15, 0.2) is 42.7 Å². The Bertz CT molecular complexity index is 850. The molecule has 7 heteroatoms. The van der Waals surface area contributed by atoms with Crippen molar-refractivity contribution in [1.82, 2.24) is 4.98 Å². The van der Waals surface area contributed by atoms with Gasteiger partial charge < -0.3 is 5.32 Å². The Morgan fingerprint density at radius 1 is 1.35 bits per heavy atom. The maximum Gasteiger partial charge on any atom is 0.255 e. The van der Waals surface area contributed by atoms with Crippen LogP contribution in [0, 0.1) is 0 Å². The van der Waals surface area contributed by atoms with Crippen LogP contribution < -0.4 is 9.62 Å². The molecular formula is C16H17N3O3S. The van der Waals surface area contributed by atoms with Crippen molar-refractivity contribution >= 4 is 27.3 Å². The Morgan fingerprint density at radius 3 is 2.78 bits per heavy atom. The molecule has 0 spiro atoms. The first-order valence-electron chi connectivity index (χ1n) is 7.20. The van der Waals surface area contributed by atoms with Crippen molar-refractivity contribution in [3.8, 4) is 0 Å². The minimum absolute atomic E-state index is 0.142. The number of pyridine rings is 1. The van der Waals surface area contributed by atoms with Gasteiger partial charge in [0.1, 0.15) is 0 Å². The number of anilines is 2. The first-order chi connectivity index (χ1) is 10.9. The van der Waals surface area contributed by atoms with Gasteiger partial charge in [-0.15, -0.1) is 0 Å². The van der Waals surface area contributed by atoms with Gasteiger partial charge in [0.05, 0.1) is 23.8 Å². The fourth-order valence-electron chi connectivity index (χ4n) is 2.89. The Hall–Kier alpha value is -2.41. The molecule has 0 radical (unpaired) electrons. The van der Waals surface area contributed by atoms with Crippen molar-refractivity contribution in [1.29, 1.82) is 0 Å². The third kappa shape index (κ3) is 3.05. The lowest BCUT2D eigenvalue weighted by molar-refractivity contribution is 0.102. The minimum atomic E-state index is -3.32. The summed E-state index contributed by atoms with van der Waals surface area (Å²) in [7, 11) is -3.32. The van der Waals surface area contributed by atoms with Crippen LogP contribution in [0.3, 0.4) is 0 Å². The van der Waals surface area contributed by atoms with Crippen LogP contribution in [0.25, 0.3) is 0 Å². The van der Waals surface area contributed by atoms with Gasteiger partial charge in [0.2, 0.25) is 10.0 Å². The first kappa shape index (κ1) is 15.5. The largest absolute Gasteiger partial charge is 0.321 e. The van der Waals surface area contributed by atoms with Crippen LogP contribution in [0.1, 0.15) is 22.8 Å². The molecule has 2 aromatic rings. The van der Waals surface area contributed by atoms with Crippen molar-refractivity contribution in [2.45, 2.75) is 19.4 Å². The van der Waals surface area contributed by atoms with Crippen LogP contribution in [0.2, 0.25) is 0 Å². The van der Waals surface area contributed by atoms with Crippen LogP contribution in [-0.4, -0.2) is 31.6 Å². The van der Waals surface area contributed by atoms with E-state index in [9.17, 15) is 13.2 Å². The Morgan fingerprint density at radius 2 is 2.13 bits per heavy atom. The third-order valence-corrected chi connectivity index (χ3v) is 5.04. The third-order valence-electron chi connectivity index (χ3n) is 3.77. The van der Waals surface area contributed by atoms with Gasteiger partial charge in [-0.25, -0.2) is 8.42 Å². The summed E-state index contributed by atoms with van der Waals surface area (Å²) in [4.78, 5) is 16.3. The van der Waals surface area contributed by atoms with Gasteiger partial charge in [-0.1, -0.05) is 0 Å². The minimum Gasteiger partial charge on any atom is -0.321 e. The number of amides is 1. The van der Waals surface area contributed by atoms with Gasteiger partial charge in [0.15, 0.2) is 0 Å². The van der Waals surface area contributed by atoms with E-state index in [1.165, 1.54) is 10.6 Å². The highest BCUT2D eigenvalue weighted by molar-refractivity contribution is 7.92. The highest BCUT2D eigenvalue weighted by atomic mass is 32.2. The van der Waals surface area contributed by atoms with Crippen molar-refractivity contribution in [3.63, 3.8) is 0 Å². The second-order valence-electron chi connectivity index (χ2n) is 5.65. The van der Waals surface area contributed by atoms with E-state index >= 15 is 0 Å². The number of benzene rings is 1. The zero-order valence-electron chi connectivity index (χ0n) is 12.9. The van der Waals surface area contributed by atoms with Gasteiger partial charge in [-0.05, 0) is 49.2 Å². The standard InChI is InChI=1S/C16H17N3O3S/c1-11-8-13-9-12(5-6-15(13)19(11)23(2,21)22)16(20)18-14-4-3-7-17-10-14/h3-7,9-11H,8H2,1-2H3,(H,18,20). The summed E-state index contributed by atoms with van der Waals surface area (Å²) in [6.07, 6.45) is 4.99. The SMILES string of the molecule is CC1Cc2cc(C(=O)Nc3cccnc3)ccc2N1S(C)(=O)=O. The van der Waals surface area contributed by atoms with Gasteiger partial charge >= 0.3 is 0 Å². The zero-order valence-corrected chi connectivity index (χ0v) is 13.7. The fourth-order valence-corrected chi connectivity index (χ4v) is 4.15. The van der Waals surface area contributed by atoms with Gasteiger partial charge in [0, 0.05) is 17.8 Å². The van der Waals surface area contributed by atoms with E-state index in [1.54, 1.807) is 42.7 Å². The van der Waals surface area contributed by atoms with E-state index in [-0.39, 0.29) is 11.9 Å². The van der Waals surface area contributed by atoms with E-state index < -0.39 is 10.0 Å². The molecule has 2 heterocycles. The van der Waals surface area contributed by atoms with Crippen LogP contribution in [0.4, 0.5) is 11.4 Å². The number of rotatable bonds is 3. The molecule has 6 nitrogen and oxygen atoms in total. The summed E-state index contributed by atoms with van der Waals surface area (Å²) < 4.78 is 25.2. The first-order valence-corrected chi connectivity index (χ1v) is 9.05. The number of nitrogens with one attached hydrogen (secondary N) is 1. The number of carbonyl (C=O) groups is 1. The highest BCUT2D eigenvalue weighted by Gasteiger charge is 2.32. The summed E-state index contributed by atoms with van der Waals surface area (Å²) in [5.74, 6) is -0.244. The second-order valence-corrected chi connectivity index (χ2v) is 7.51. The van der Waals surface area contributed by atoms with Crippen LogP contribution in [-0.2, 0) is 16.4 Å². The molecule has 120 valence electrons. The summed E-state index contributed by atoms with van der Waals surface area (Å²) >= 11 is 0. The summed E-state index contributed by atoms with van der Waals surface area (Å²) in [5.41, 5.74) is 2.62. The van der Waals surface area contributed by atoms with E-state index in [1.807, 2.05) is 6.92 Å². The molecule has 0 fully saturated rings. The number of hydrogen-bond donors (Lipinski definition) is 1. The number of carbonyl (C=O) groups excluding carboxylic acids is 1. The quantitative estimate of drug-likeness (QED) is 0.933. The molecule has 1 aromatic heterocycles. The van der Waals surface area contributed by atoms with Crippen LogP contribution in [0.5, 0.6) is 0 Å². The number of aromatic nitrogens is 1. The van der Waals surface area contributed by atoms with Gasteiger partial charge in [-0.3, -0.25) is 14.1 Å².